The molecule has 24 heavy (non-hydrogen) atoms. The highest BCUT2D eigenvalue weighted by Crippen LogP contribution is 2.36. The van der Waals surface area contributed by atoms with Gasteiger partial charge in [-0.15, -0.1) is 0 Å². The number of hydrogen-bond donors (Lipinski definition) is 2. The molecule has 0 spiro atoms. The fourth-order valence-corrected chi connectivity index (χ4v) is 2.86. The Balaban J connectivity index is 1.67. The molecule has 2 heterocycles. The van der Waals surface area contributed by atoms with Crippen LogP contribution in [0.1, 0.15) is 34.5 Å². The number of amides is 2. The SMILES string of the molecule is COC[C@@H](NC(=O)N[C@H]1COc2c1ccc(C)c2C)c1ccco1. The van der Waals surface area contributed by atoms with Crippen molar-refractivity contribution in [3.8, 4) is 5.75 Å². The molecule has 0 fully saturated rings. The maximum atomic E-state index is 12.4. The quantitative estimate of drug-likeness (QED) is 0.884. The van der Waals surface area contributed by atoms with Crippen LogP contribution in [-0.4, -0.2) is 26.4 Å². The standard InChI is InChI=1S/C18H22N2O4/c1-11-6-7-13-14(10-24-17(13)12(11)2)19-18(21)20-15(9-22-3)16-5-4-8-23-16/h4-8,14-15H,9-10H2,1-3H3,(H2,19,20,21)/t14-,15+/m0/s1. The highest BCUT2D eigenvalue weighted by Gasteiger charge is 2.28. The number of benzene rings is 1. The minimum atomic E-state index is -0.341. The minimum Gasteiger partial charge on any atom is -0.490 e. The van der Waals surface area contributed by atoms with E-state index in [2.05, 4.69) is 10.6 Å². The van der Waals surface area contributed by atoms with Gasteiger partial charge in [0.05, 0.1) is 18.9 Å². The van der Waals surface area contributed by atoms with Crippen molar-refractivity contribution < 1.29 is 18.7 Å². The Labute approximate surface area is 141 Å². The molecular weight excluding hydrogens is 308 g/mol. The molecule has 0 aliphatic carbocycles. The molecule has 2 N–H and O–H groups in total. The number of rotatable bonds is 5. The zero-order valence-electron chi connectivity index (χ0n) is 14.1. The largest absolute Gasteiger partial charge is 0.490 e. The van der Waals surface area contributed by atoms with Gasteiger partial charge in [-0.2, -0.15) is 0 Å². The predicted molar refractivity (Wildman–Crippen MR) is 89.1 cm³/mol. The number of carbonyl (C=O) groups is 1. The average Bonchev–Trinajstić information content (AvgIpc) is 3.21. The van der Waals surface area contributed by atoms with E-state index < -0.39 is 0 Å². The first-order valence-corrected chi connectivity index (χ1v) is 7.92. The van der Waals surface area contributed by atoms with Crippen molar-refractivity contribution in [1.29, 1.82) is 0 Å². The van der Waals surface area contributed by atoms with Crippen LogP contribution < -0.4 is 15.4 Å². The molecule has 0 bridgehead atoms. The van der Waals surface area contributed by atoms with Crippen molar-refractivity contribution in [1.82, 2.24) is 10.6 Å². The third kappa shape index (κ3) is 3.23. The highest BCUT2D eigenvalue weighted by molar-refractivity contribution is 5.75. The van der Waals surface area contributed by atoms with Crippen LogP contribution in [0, 0.1) is 13.8 Å². The predicted octanol–water partition coefficient (Wildman–Crippen LogP) is 3.02. The van der Waals surface area contributed by atoms with Crippen LogP contribution in [0.15, 0.2) is 34.9 Å². The van der Waals surface area contributed by atoms with E-state index in [1.807, 2.05) is 32.0 Å². The average molecular weight is 330 g/mol. The summed E-state index contributed by atoms with van der Waals surface area (Å²) in [5.74, 6) is 1.53. The zero-order chi connectivity index (χ0) is 17.1. The summed E-state index contributed by atoms with van der Waals surface area (Å²) in [5.41, 5.74) is 3.30. The van der Waals surface area contributed by atoms with Gasteiger partial charge in [-0.1, -0.05) is 12.1 Å². The molecule has 1 aliphatic heterocycles. The molecule has 2 amide bonds. The summed E-state index contributed by atoms with van der Waals surface area (Å²) >= 11 is 0. The summed E-state index contributed by atoms with van der Waals surface area (Å²) in [4.78, 5) is 12.4. The second-order valence-corrected chi connectivity index (χ2v) is 5.93. The fourth-order valence-electron chi connectivity index (χ4n) is 2.86. The summed E-state index contributed by atoms with van der Waals surface area (Å²) in [6.07, 6.45) is 1.57. The van der Waals surface area contributed by atoms with Crippen LogP contribution in [0.25, 0.3) is 0 Å². The van der Waals surface area contributed by atoms with Crippen molar-refractivity contribution in [3.63, 3.8) is 0 Å². The third-order valence-electron chi connectivity index (χ3n) is 4.31. The van der Waals surface area contributed by atoms with Crippen LogP contribution in [0.3, 0.4) is 0 Å². The Morgan fingerprint density at radius 1 is 1.38 bits per heavy atom. The Bertz CT molecular complexity index is 712. The summed E-state index contributed by atoms with van der Waals surface area (Å²) < 4.78 is 16.3. The van der Waals surface area contributed by atoms with Crippen molar-refractivity contribution in [2.24, 2.45) is 0 Å². The summed E-state index contributed by atoms with van der Waals surface area (Å²) in [6.45, 7) is 4.84. The normalized spacial score (nSPS) is 17.0. The van der Waals surface area contributed by atoms with Gasteiger partial charge in [-0.25, -0.2) is 4.79 Å². The van der Waals surface area contributed by atoms with E-state index in [9.17, 15) is 4.79 Å². The molecule has 0 saturated carbocycles. The maximum absolute atomic E-state index is 12.4. The number of aryl methyl sites for hydroxylation is 1. The number of ether oxygens (including phenoxy) is 2. The first kappa shape index (κ1) is 16.4. The van der Waals surface area contributed by atoms with Crippen LogP contribution in [-0.2, 0) is 4.74 Å². The molecular formula is C18H22N2O4. The van der Waals surface area contributed by atoms with Crippen LogP contribution in [0.2, 0.25) is 0 Å². The van der Waals surface area contributed by atoms with Gasteiger partial charge >= 0.3 is 6.03 Å². The van der Waals surface area contributed by atoms with Crippen LogP contribution in [0.4, 0.5) is 4.79 Å². The van der Waals surface area contributed by atoms with Crippen molar-refractivity contribution in [2.45, 2.75) is 25.9 Å². The molecule has 0 unspecified atom stereocenters. The molecule has 2 atom stereocenters. The fraction of sp³-hybridized carbons (Fsp3) is 0.389. The summed E-state index contributed by atoms with van der Waals surface area (Å²) in [6, 6.07) is 6.85. The number of fused-ring (bicyclic) bond motifs is 1. The van der Waals surface area contributed by atoms with E-state index in [-0.39, 0.29) is 18.1 Å². The smallest absolute Gasteiger partial charge is 0.316 e. The van der Waals surface area contributed by atoms with Crippen molar-refractivity contribution in [2.75, 3.05) is 20.3 Å². The molecule has 0 saturated heterocycles. The molecule has 6 heteroatoms. The Morgan fingerprint density at radius 2 is 2.21 bits per heavy atom. The lowest BCUT2D eigenvalue weighted by molar-refractivity contribution is 0.156. The second kappa shape index (κ2) is 6.97. The zero-order valence-corrected chi connectivity index (χ0v) is 14.1. The second-order valence-electron chi connectivity index (χ2n) is 5.93. The molecule has 3 rings (SSSR count). The maximum Gasteiger partial charge on any atom is 0.316 e. The minimum absolute atomic E-state index is 0.168. The number of methoxy groups -OCH3 is 1. The van der Waals surface area contributed by atoms with Gasteiger partial charge < -0.3 is 24.5 Å². The van der Waals surface area contributed by atoms with E-state index in [4.69, 9.17) is 13.9 Å². The van der Waals surface area contributed by atoms with E-state index in [0.29, 0.717) is 19.0 Å². The van der Waals surface area contributed by atoms with Gasteiger partial charge in [0.25, 0.3) is 0 Å². The first-order valence-electron chi connectivity index (χ1n) is 7.92. The van der Waals surface area contributed by atoms with Gasteiger partial charge in [0, 0.05) is 12.7 Å². The van der Waals surface area contributed by atoms with Crippen LogP contribution >= 0.6 is 0 Å². The molecule has 6 nitrogen and oxygen atoms in total. The highest BCUT2D eigenvalue weighted by atomic mass is 16.5. The number of carbonyl (C=O) groups excluding carboxylic acids is 1. The van der Waals surface area contributed by atoms with E-state index in [1.165, 1.54) is 5.56 Å². The van der Waals surface area contributed by atoms with E-state index in [1.54, 1.807) is 19.4 Å². The number of furan rings is 1. The lowest BCUT2D eigenvalue weighted by Gasteiger charge is -2.18. The van der Waals surface area contributed by atoms with Crippen molar-refractivity contribution >= 4 is 6.03 Å². The Hall–Kier alpha value is -2.47. The van der Waals surface area contributed by atoms with Gasteiger partial charge in [-0.3, -0.25) is 0 Å². The molecule has 128 valence electrons. The molecule has 1 aromatic carbocycles. The molecule has 1 aliphatic rings. The third-order valence-corrected chi connectivity index (χ3v) is 4.31. The molecule has 2 aromatic rings. The Morgan fingerprint density at radius 3 is 2.92 bits per heavy atom. The van der Waals surface area contributed by atoms with Gasteiger partial charge in [0.1, 0.15) is 24.2 Å². The van der Waals surface area contributed by atoms with Gasteiger partial charge in [0.15, 0.2) is 0 Å². The van der Waals surface area contributed by atoms with Gasteiger partial charge in [-0.05, 0) is 37.1 Å². The number of urea groups is 1. The van der Waals surface area contributed by atoms with E-state index >= 15 is 0 Å². The van der Waals surface area contributed by atoms with E-state index in [0.717, 1.165) is 16.9 Å². The molecule has 0 radical (unpaired) electrons. The molecule has 1 aromatic heterocycles. The summed E-state index contributed by atoms with van der Waals surface area (Å²) in [5, 5.41) is 5.84. The lowest BCUT2D eigenvalue weighted by Crippen LogP contribution is -2.41. The number of hydrogen-bond acceptors (Lipinski definition) is 4. The van der Waals surface area contributed by atoms with Crippen molar-refractivity contribution in [3.05, 3.63) is 53.0 Å². The van der Waals surface area contributed by atoms with Gasteiger partial charge in [0.2, 0.25) is 0 Å². The summed E-state index contributed by atoms with van der Waals surface area (Å²) in [7, 11) is 1.59. The lowest BCUT2D eigenvalue weighted by atomic mass is 10.0. The first-order chi connectivity index (χ1) is 11.6. The Kier molecular flexibility index (Phi) is 4.76. The van der Waals surface area contributed by atoms with Crippen LogP contribution in [0.5, 0.6) is 5.75 Å². The number of nitrogens with one attached hydrogen (secondary N) is 2. The topological polar surface area (TPSA) is 72.7 Å². The monoisotopic (exact) mass is 330 g/mol.